The van der Waals surface area contributed by atoms with Crippen molar-refractivity contribution in [2.24, 2.45) is 7.05 Å². The zero-order chi connectivity index (χ0) is 11.7. The first-order chi connectivity index (χ1) is 7.66. The summed E-state index contributed by atoms with van der Waals surface area (Å²) in [5.74, 6) is 0. The molecule has 2 aromatic heterocycles. The summed E-state index contributed by atoms with van der Waals surface area (Å²) in [6.45, 7) is 1.93. The summed E-state index contributed by atoms with van der Waals surface area (Å²) in [6.07, 6.45) is 4.36. The van der Waals surface area contributed by atoms with E-state index in [-0.39, 0.29) is 0 Å². The molecule has 0 spiro atoms. The van der Waals surface area contributed by atoms with Crippen LogP contribution in [0.5, 0.6) is 0 Å². The number of halogens is 1. The average Bonchev–Trinajstić information content (AvgIpc) is 2.51. The number of pyridine rings is 1. The van der Waals surface area contributed by atoms with Crippen LogP contribution in [0.4, 0.5) is 0 Å². The minimum Gasteiger partial charge on any atom is -0.346 e. The van der Waals surface area contributed by atoms with Gasteiger partial charge in [0.25, 0.3) is 0 Å². The highest BCUT2D eigenvalue weighted by Crippen LogP contribution is 2.33. The third-order valence-electron chi connectivity index (χ3n) is 2.74. The zero-order valence-corrected chi connectivity index (χ0v) is 10.7. The van der Waals surface area contributed by atoms with Crippen LogP contribution in [0.2, 0.25) is 0 Å². The van der Waals surface area contributed by atoms with Gasteiger partial charge in [-0.2, -0.15) is 0 Å². The van der Waals surface area contributed by atoms with E-state index in [0.717, 1.165) is 27.7 Å². The number of aromatic nitrogens is 2. The lowest BCUT2D eigenvalue weighted by Crippen LogP contribution is -1.94. The van der Waals surface area contributed by atoms with Crippen molar-refractivity contribution in [1.82, 2.24) is 9.55 Å². The molecule has 0 aromatic carbocycles. The van der Waals surface area contributed by atoms with Crippen LogP contribution in [0.15, 0.2) is 29.0 Å². The average molecular weight is 279 g/mol. The second kappa shape index (κ2) is 4.22. The van der Waals surface area contributed by atoms with E-state index in [1.807, 2.05) is 30.7 Å². The van der Waals surface area contributed by atoms with Gasteiger partial charge in [-0.3, -0.25) is 9.78 Å². The Kier molecular flexibility index (Phi) is 2.92. The van der Waals surface area contributed by atoms with E-state index >= 15 is 0 Å². The molecule has 16 heavy (non-hydrogen) atoms. The molecule has 0 amide bonds. The second-order valence-electron chi connectivity index (χ2n) is 3.57. The number of hydrogen-bond acceptors (Lipinski definition) is 2. The molecule has 0 unspecified atom stereocenters. The fourth-order valence-corrected chi connectivity index (χ4v) is 2.62. The highest BCUT2D eigenvalue weighted by molar-refractivity contribution is 9.10. The predicted molar refractivity (Wildman–Crippen MR) is 66.5 cm³/mol. The van der Waals surface area contributed by atoms with Gasteiger partial charge in [0, 0.05) is 36.3 Å². The van der Waals surface area contributed by atoms with E-state index in [0.29, 0.717) is 5.56 Å². The summed E-state index contributed by atoms with van der Waals surface area (Å²) in [5.41, 5.74) is 3.70. The third kappa shape index (κ3) is 1.59. The number of carbonyl (C=O) groups excluding carboxylic acids is 1. The van der Waals surface area contributed by atoms with E-state index < -0.39 is 0 Å². The highest BCUT2D eigenvalue weighted by Gasteiger charge is 2.16. The lowest BCUT2D eigenvalue weighted by molar-refractivity contribution is 0.112. The Morgan fingerprint density at radius 3 is 2.50 bits per heavy atom. The molecule has 0 saturated heterocycles. The van der Waals surface area contributed by atoms with Crippen molar-refractivity contribution in [2.45, 2.75) is 6.92 Å². The van der Waals surface area contributed by atoms with Crippen LogP contribution in [-0.4, -0.2) is 15.8 Å². The van der Waals surface area contributed by atoms with Crippen molar-refractivity contribution in [3.63, 3.8) is 0 Å². The second-order valence-corrected chi connectivity index (χ2v) is 4.37. The van der Waals surface area contributed by atoms with Crippen molar-refractivity contribution in [1.29, 1.82) is 0 Å². The Bertz CT molecular complexity index is 532. The lowest BCUT2D eigenvalue weighted by Gasteiger charge is -2.05. The van der Waals surface area contributed by atoms with Gasteiger partial charge >= 0.3 is 0 Å². The maximum absolute atomic E-state index is 11.0. The van der Waals surface area contributed by atoms with E-state index in [1.165, 1.54) is 0 Å². The van der Waals surface area contributed by atoms with Crippen LogP contribution >= 0.6 is 15.9 Å². The molecule has 2 aromatic rings. The summed E-state index contributed by atoms with van der Waals surface area (Å²) < 4.78 is 2.84. The molecule has 0 aliphatic heterocycles. The van der Waals surface area contributed by atoms with Crippen molar-refractivity contribution < 1.29 is 4.79 Å². The fourth-order valence-electron chi connectivity index (χ4n) is 1.75. The number of carbonyl (C=O) groups is 1. The molecule has 0 saturated carbocycles. The van der Waals surface area contributed by atoms with Crippen molar-refractivity contribution in [3.8, 4) is 11.3 Å². The fraction of sp³-hybridized carbons (Fsp3) is 0.167. The summed E-state index contributed by atoms with van der Waals surface area (Å²) in [4.78, 5) is 15.0. The van der Waals surface area contributed by atoms with Crippen molar-refractivity contribution in [2.75, 3.05) is 0 Å². The Hall–Kier alpha value is -1.42. The van der Waals surface area contributed by atoms with Gasteiger partial charge in [0.15, 0.2) is 6.29 Å². The SMILES string of the molecule is Cc1c(C=O)c(Br)c(-c2ccncc2)n1C. The van der Waals surface area contributed by atoms with Crippen molar-refractivity contribution >= 4 is 22.2 Å². The number of rotatable bonds is 2. The molecule has 0 aliphatic carbocycles. The lowest BCUT2D eigenvalue weighted by atomic mass is 10.2. The molecule has 82 valence electrons. The van der Waals surface area contributed by atoms with Crippen LogP contribution in [0, 0.1) is 6.92 Å². The summed E-state index contributed by atoms with van der Waals surface area (Å²) >= 11 is 3.48. The molecule has 0 atom stereocenters. The van der Waals surface area contributed by atoms with E-state index in [2.05, 4.69) is 20.9 Å². The Balaban J connectivity index is 2.71. The van der Waals surface area contributed by atoms with Gasteiger partial charge in [-0.25, -0.2) is 0 Å². The van der Waals surface area contributed by atoms with Gasteiger partial charge in [0.2, 0.25) is 0 Å². The van der Waals surface area contributed by atoms with Gasteiger partial charge in [-0.1, -0.05) is 0 Å². The number of nitrogens with zero attached hydrogens (tertiary/aromatic N) is 2. The molecule has 2 rings (SSSR count). The van der Waals surface area contributed by atoms with Crippen molar-refractivity contribution in [3.05, 3.63) is 40.3 Å². The molecule has 0 N–H and O–H groups in total. The minimum atomic E-state index is 0.703. The van der Waals surface area contributed by atoms with Gasteiger partial charge in [-0.05, 0) is 35.0 Å². The molecule has 0 fully saturated rings. The quantitative estimate of drug-likeness (QED) is 0.792. The third-order valence-corrected chi connectivity index (χ3v) is 3.55. The van der Waals surface area contributed by atoms with Crippen LogP contribution in [0.3, 0.4) is 0 Å². The van der Waals surface area contributed by atoms with Crippen LogP contribution in [0.25, 0.3) is 11.3 Å². The first-order valence-electron chi connectivity index (χ1n) is 4.87. The maximum atomic E-state index is 11.0. The summed E-state index contributed by atoms with van der Waals surface area (Å²) in [6, 6.07) is 3.85. The molecular weight excluding hydrogens is 268 g/mol. The van der Waals surface area contributed by atoms with E-state index in [1.54, 1.807) is 12.4 Å². The van der Waals surface area contributed by atoms with Crippen LogP contribution in [0.1, 0.15) is 16.1 Å². The van der Waals surface area contributed by atoms with Gasteiger partial charge < -0.3 is 4.57 Å². The Morgan fingerprint density at radius 1 is 1.38 bits per heavy atom. The first-order valence-corrected chi connectivity index (χ1v) is 5.66. The molecule has 0 bridgehead atoms. The van der Waals surface area contributed by atoms with Gasteiger partial charge in [0.05, 0.1) is 10.2 Å². The number of hydrogen-bond donors (Lipinski definition) is 0. The van der Waals surface area contributed by atoms with Crippen LogP contribution in [-0.2, 0) is 7.05 Å². The van der Waals surface area contributed by atoms with Gasteiger partial charge in [-0.15, -0.1) is 0 Å². The topological polar surface area (TPSA) is 34.9 Å². The molecular formula is C12H11BrN2O. The Morgan fingerprint density at radius 2 is 2.00 bits per heavy atom. The standard InChI is InChI=1S/C12H11BrN2O/c1-8-10(7-16)11(13)12(15(8)2)9-3-5-14-6-4-9/h3-7H,1-2H3. The van der Waals surface area contributed by atoms with Gasteiger partial charge in [0.1, 0.15) is 0 Å². The van der Waals surface area contributed by atoms with E-state index in [9.17, 15) is 4.79 Å². The normalized spacial score (nSPS) is 10.4. The predicted octanol–water partition coefficient (Wildman–Crippen LogP) is 2.97. The largest absolute Gasteiger partial charge is 0.346 e. The molecule has 0 radical (unpaired) electrons. The Labute approximate surface area is 102 Å². The summed E-state index contributed by atoms with van der Waals surface area (Å²) in [5, 5.41) is 0. The molecule has 2 heterocycles. The first kappa shape index (κ1) is 11.1. The number of aldehydes is 1. The molecule has 0 aliphatic rings. The minimum absolute atomic E-state index is 0.703. The highest BCUT2D eigenvalue weighted by atomic mass is 79.9. The monoisotopic (exact) mass is 278 g/mol. The van der Waals surface area contributed by atoms with E-state index in [4.69, 9.17) is 0 Å². The smallest absolute Gasteiger partial charge is 0.153 e. The molecule has 3 nitrogen and oxygen atoms in total. The molecule has 4 heteroatoms. The van der Waals surface area contributed by atoms with Crippen LogP contribution < -0.4 is 0 Å². The zero-order valence-electron chi connectivity index (χ0n) is 9.07. The summed E-state index contributed by atoms with van der Waals surface area (Å²) in [7, 11) is 1.95. The maximum Gasteiger partial charge on any atom is 0.153 e.